The van der Waals surface area contributed by atoms with Crippen molar-refractivity contribution in [2.45, 2.75) is 278 Å². The van der Waals surface area contributed by atoms with E-state index in [1.54, 1.807) is 0 Å². The molecule has 0 unspecified atom stereocenters. The van der Waals surface area contributed by atoms with Crippen LogP contribution in [0.3, 0.4) is 0 Å². The highest BCUT2D eigenvalue weighted by Gasteiger charge is 2.19. The highest BCUT2D eigenvalue weighted by atomic mass is 16.6. The lowest BCUT2D eigenvalue weighted by atomic mass is 10.0. The third-order valence-corrected chi connectivity index (χ3v) is 11.2. The van der Waals surface area contributed by atoms with E-state index in [9.17, 15) is 14.4 Å². The monoisotopic (exact) mass is 793 g/mol. The average molecular weight is 793 g/mol. The van der Waals surface area contributed by atoms with Crippen LogP contribution < -0.4 is 0 Å². The first-order valence-corrected chi connectivity index (χ1v) is 24.7. The van der Waals surface area contributed by atoms with Gasteiger partial charge in [0.2, 0.25) is 0 Å². The lowest BCUT2D eigenvalue weighted by molar-refractivity contribution is -0.167. The molecule has 0 aliphatic rings. The minimum absolute atomic E-state index is 0.0650. The summed E-state index contributed by atoms with van der Waals surface area (Å²) in [7, 11) is 0. The van der Waals surface area contributed by atoms with Crippen molar-refractivity contribution in [2.24, 2.45) is 11.8 Å². The van der Waals surface area contributed by atoms with Crippen molar-refractivity contribution < 1.29 is 28.6 Å². The van der Waals surface area contributed by atoms with Gasteiger partial charge in [0.15, 0.2) is 6.10 Å². The molecule has 0 aromatic heterocycles. The van der Waals surface area contributed by atoms with E-state index in [-0.39, 0.29) is 31.1 Å². The molecule has 0 aromatic carbocycles. The Morgan fingerprint density at radius 3 is 0.875 bits per heavy atom. The zero-order valence-electron chi connectivity index (χ0n) is 38.3. The predicted octanol–water partition coefficient (Wildman–Crippen LogP) is 15.8. The number of hydrogen-bond donors (Lipinski definition) is 0. The molecule has 0 bridgehead atoms. The first-order chi connectivity index (χ1) is 27.2. The molecule has 0 aliphatic heterocycles. The van der Waals surface area contributed by atoms with Crippen LogP contribution in [0.25, 0.3) is 0 Å². The predicted molar refractivity (Wildman–Crippen MR) is 238 cm³/mol. The van der Waals surface area contributed by atoms with E-state index in [0.717, 1.165) is 69.6 Å². The molecular formula is C50H96O6. The number of hydrogen-bond acceptors (Lipinski definition) is 6. The van der Waals surface area contributed by atoms with Crippen molar-refractivity contribution in [3.05, 3.63) is 0 Å². The van der Waals surface area contributed by atoms with Crippen LogP contribution in [0.2, 0.25) is 0 Å². The second-order valence-corrected chi connectivity index (χ2v) is 18.1. The van der Waals surface area contributed by atoms with Crippen LogP contribution in [0.5, 0.6) is 0 Å². The maximum atomic E-state index is 12.7. The number of unbranched alkanes of at least 4 members (excludes halogenated alkanes) is 29. The van der Waals surface area contributed by atoms with Gasteiger partial charge in [-0.25, -0.2) is 0 Å². The number of rotatable bonds is 44. The Labute approximate surface area is 348 Å². The second-order valence-electron chi connectivity index (χ2n) is 18.1. The van der Waals surface area contributed by atoms with E-state index in [1.807, 2.05) is 0 Å². The van der Waals surface area contributed by atoms with Gasteiger partial charge in [-0.05, 0) is 31.1 Å². The smallest absolute Gasteiger partial charge is 0.306 e. The summed E-state index contributed by atoms with van der Waals surface area (Å²) >= 11 is 0. The molecule has 0 aromatic rings. The minimum Gasteiger partial charge on any atom is -0.462 e. The summed E-state index contributed by atoms with van der Waals surface area (Å²) in [5.74, 6) is 0.718. The van der Waals surface area contributed by atoms with E-state index in [0.29, 0.717) is 19.3 Å². The molecule has 0 amide bonds. The summed E-state index contributed by atoms with van der Waals surface area (Å²) in [6, 6.07) is 0. The fourth-order valence-corrected chi connectivity index (χ4v) is 7.46. The van der Waals surface area contributed by atoms with Crippen molar-refractivity contribution >= 4 is 17.9 Å². The van der Waals surface area contributed by atoms with Crippen LogP contribution in [0.1, 0.15) is 272 Å². The van der Waals surface area contributed by atoms with Crippen molar-refractivity contribution in [1.29, 1.82) is 0 Å². The van der Waals surface area contributed by atoms with Crippen molar-refractivity contribution in [3.8, 4) is 0 Å². The Morgan fingerprint density at radius 2 is 0.589 bits per heavy atom. The maximum absolute atomic E-state index is 12.7. The minimum atomic E-state index is -0.761. The average Bonchev–Trinajstić information content (AvgIpc) is 3.16. The largest absolute Gasteiger partial charge is 0.462 e. The highest BCUT2D eigenvalue weighted by Crippen LogP contribution is 2.17. The summed E-state index contributed by atoms with van der Waals surface area (Å²) in [6.07, 6.45) is 42.5. The summed E-state index contributed by atoms with van der Waals surface area (Å²) < 4.78 is 16.7. The van der Waals surface area contributed by atoms with Crippen LogP contribution in [-0.2, 0) is 28.6 Å². The van der Waals surface area contributed by atoms with Crippen molar-refractivity contribution in [1.82, 2.24) is 0 Å². The van der Waals surface area contributed by atoms with Gasteiger partial charge in [0.25, 0.3) is 0 Å². The summed E-state index contributed by atoms with van der Waals surface area (Å²) in [5.41, 5.74) is 0. The molecule has 0 N–H and O–H groups in total. The van der Waals surface area contributed by atoms with Gasteiger partial charge < -0.3 is 14.2 Å². The van der Waals surface area contributed by atoms with E-state index in [1.165, 1.54) is 161 Å². The number of carbonyl (C=O) groups is 3. The van der Waals surface area contributed by atoms with Crippen LogP contribution in [-0.4, -0.2) is 37.2 Å². The summed E-state index contributed by atoms with van der Waals surface area (Å²) in [6.45, 7) is 11.3. The van der Waals surface area contributed by atoms with Gasteiger partial charge in [-0.15, -0.1) is 0 Å². The Kier molecular flexibility index (Phi) is 41.8. The number of esters is 3. The first-order valence-electron chi connectivity index (χ1n) is 24.7. The maximum Gasteiger partial charge on any atom is 0.306 e. The van der Waals surface area contributed by atoms with Crippen molar-refractivity contribution in [2.75, 3.05) is 13.2 Å². The summed E-state index contributed by atoms with van der Waals surface area (Å²) in [4.78, 5) is 37.8. The molecule has 0 radical (unpaired) electrons. The molecule has 0 rings (SSSR count). The van der Waals surface area contributed by atoms with Gasteiger partial charge in [0.05, 0.1) is 0 Å². The Balaban J connectivity index is 4.26. The molecular weight excluding hydrogens is 697 g/mol. The molecule has 332 valence electrons. The Bertz CT molecular complexity index is 854. The standard InChI is InChI=1S/C50H96O6/c1-6-7-8-9-10-11-12-13-14-15-16-17-18-19-25-30-35-40-48(51)54-43-47(44-55-49(52)41-36-31-27-22-24-29-34-39-46(4)5)56-50(53)42-37-32-26-21-20-23-28-33-38-45(2)3/h45-47H,6-44H2,1-5H3/t47-/m1/s1. The van der Waals surface area contributed by atoms with Gasteiger partial charge in [-0.1, -0.05) is 234 Å². The third-order valence-electron chi connectivity index (χ3n) is 11.2. The molecule has 1 atom stereocenters. The summed E-state index contributed by atoms with van der Waals surface area (Å²) in [5, 5.41) is 0. The van der Waals surface area contributed by atoms with Crippen LogP contribution in [0, 0.1) is 11.8 Å². The SMILES string of the molecule is CCCCCCCCCCCCCCCCCCCC(=O)OC[C@H](COC(=O)CCCCCCCCCC(C)C)OC(=O)CCCCCCCCCCC(C)C. The third kappa shape index (κ3) is 43.5. The molecule has 0 aliphatic carbocycles. The molecule has 56 heavy (non-hydrogen) atoms. The molecule has 6 nitrogen and oxygen atoms in total. The van der Waals surface area contributed by atoms with Gasteiger partial charge >= 0.3 is 17.9 Å². The van der Waals surface area contributed by atoms with E-state index in [2.05, 4.69) is 34.6 Å². The molecule has 6 heteroatoms. The highest BCUT2D eigenvalue weighted by molar-refractivity contribution is 5.71. The first kappa shape index (κ1) is 54.4. The van der Waals surface area contributed by atoms with Crippen LogP contribution >= 0.6 is 0 Å². The lowest BCUT2D eigenvalue weighted by Crippen LogP contribution is -2.30. The lowest BCUT2D eigenvalue weighted by Gasteiger charge is -2.18. The van der Waals surface area contributed by atoms with Gasteiger partial charge in [-0.2, -0.15) is 0 Å². The zero-order valence-corrected chi connectivity index (χ0v) is 38.3. The fraction of sp³-hybridized carbons (Fsp3) is 0.940. The van der Waals surface area contributed by atoms with E-state index < -0.39 is 6.10 Å². The van der Waals surface area contributed by atoms with E-state index in [4.69, 9.17) is 14.2 Å². The van der Waals surface area contributed by atoms with Gasteiger partial charge in [0, 0.05) is 19.3 Å². The number of carbonyl (C=O) groups excluding carboxylic acids is 3. The topological polar surface area (TPSA) is 78.9 Å². The molecule has 0 spiro atoms. The fourth-order valence-electron chi connectivity index (χ4n) is 7.46. The molecule has 0 saturated carbocycles. The zero-order chi connectivity index (χ0) is 41.2. The van der Waals surface area contributed by atoms with E-state index >= 15 is 0 Å². The van der Waals surface area contributed by atoms with Crippen LogP contribution in [0.15, 0.2) is 0 Å². The van der Waals surface area contributed by atoms with Gasteiger partial charge in [-0.3, -0.25) is 14.4 Å². The normalized spacial score (nSPS) is 12.1. The second kappa shape index (κ2) is 43.0. The molecule has 0 saturated heterocycles. The molecule has 0 fully saturated rings. The Morgan fingerprint density at radius 1 is 0.339 bits per heavy atom. The molecule has 0 heterocycles. The Hall–Kier alpha value is -1.59. The quantitative estimate of drug-likeness (QED) is 0.0347. The van der Waals surface area contributed by atoms with Crippen LogP contribution in [0.4, 0.5) is 0 Å². The van der Waals surface area contributed by atoms with Gasteiger partial charge in [0.1, 0.15) is 13.2 Å². The van der Waals surface area contributed by atoms with Crippen molar-refractivity contribution in [3.63, 3.8) is 0 Å². The number of ether oxygens (including phenoxy) is 3.